The molecule has 1 aromatic carbocycles. The van der Waals surface area contributed by atoms with Gasteiger partial charge in [0.25, 0.3) is 0 Å². The minimum atomic E-state index is -0.0394. The Kier molecular flexibility index (Phi) is 4.30. The van der Waals surface area contributed by atoms with Gasteiger partial charge in [0.05, 0.1) is 12.3 Å². The molecule has 0 spiro atoms. The highest BCUT2D eigenvalue weighted by Crippen LogP contribution is 2.27. The molecule has 1 heterocycles. The third-order valence-corrected chi connectivity index (χ3v) is 3.50. The molecule has 0 bridgehead atoms. The van der Waals surface area contributed by atoms with Crippen LogP contribution in [0, 0.1) is 6.92 Å². The number of hydrogen-bond acceptors (Lipinski definition) is 3. The van der Waals surface area contributed by atoms with E-state index < -0.39 is 0 Å². The maximum absolute atomic E-state index is 6.16. The third-order valence-electron chi connectivity index (χ3n) is 2.91. The van der Waals surface area contributed by atoms with Crippen LogP contribution in [0.4, 0.5) is 0 Å². The van der Waals surface area contributed by atoms with Crippen molar-refractivity contribution >= 4 is 23.2 Å². The molecule has 0 saturated heterocycles. The number of hydrogen-bond donors (Lipinski definition) is 2. The molecule has 18 heavy (non-hydrogen) atoms. The summed E-state index contributed by atoms with van der Waals surface area (Å²) in [6, 6.07) is 7.32. The molecule has 0 aliphatic heterocycles. The summed E-state index contributed by atoms with van der Waals surface area (Å²) in [4.78, 5) is 0. The van der Waals surface area contributed by atoms with Gasteiger partial charge in [-0.2, -0.15) is 0 Å². The van der Waals surface area contributed by atoms with E-state index >= 15 is 0 Å². The molecule has 0 radical (unpaired) electrons. The Morgan fingerprint density at radius 2 is 2.11 bits per heavy atom. The number of furan rings is 1. The van der Waals surface area contributed by atoms with Gasteiger partial charge in [-0.1, -0.05) is 29.3 Å². The number of halogens is 2. The fourth-order valence-corrected chi connectivity index (χ4v) is 2.41. The van der Waals surface area contributed by atoms with Crippen LogP contribution < -0.4 is 11.3 Å². The molecule has 1 aromatic heterocycles. The summed E-state index contributed by atoms with van der Waals surface area (Å²) >= 11 is 12.0. The second-order valence-corrected chi connectivity index (χ2v) is 4.93. The summed E-state index contributed by atoms with van der Waals surface area (Å²) in [5, 5.41) is 1.27. The number of nitrogens with two attached hydrogens (primary N) is 1. The molecular weight excluding hydrogens is 271 g/mol. The van der Waals surface area contributed by atoms with Gasteiger partial charge < -0.3 is 4.42 Å². The minimum absolute atomic E-state index is 0.0394. The van der Waals surface area contributed by atoms with Crippen LogP contribution >= 0.6 is 23.2 Å². The monoisotopic (exact) mass is 284 g/mol. The first-order valence-electron chi connectivity index (χ1n) is 5.56. The lowest BCUT2D eigenvalue weighted by molar-refractivity contribution is 0.502. The van der Waals surface area contributed by atoms with E-state index in [2.05, 4.69) is 5.43 Å². The van der Waals surface area contributed by atoms with Gasteiger partial charge in [-0.25, -0.2) is 0 Å². The summed E-state index contributed by atoms with van der Waals surface area (Å²) in [5.41, 5.74) is 4.81. The molecule has 0 aliphatic rings. The van der Waals surface area contributed by atoms with Crippen LogP contribution in [0.3, 0.4) is 0 Å². The molecule has 3 nitrogen and oxygen atoms in total. The Morgan fingerprint density at radius 3 is 2.67 bits per heavy atom. The fourth-order valence-electron chi connectivity index (χ4n) is 1.92. The number of aryl methyl sites for hydroxylation is 1. The van der Waals surface area contributed by atoms with Gasteiger partial charge in [-0.05, 0) is 37.1 Å². The van der Waals surface area contributed by atoms with E-state index in [-0.39, 0.29) is 6.04 Å². The summed E-state index contributed by atoms with van der Waals surface area (Å²) in [5.74, 6) is 6.45. The van der Waals surface area contributed by atoms with Gasteiger partial charge in [0.1, 0.15) is 5.76 Å². The molecule has 0 aliphatic carbocycles. The fraction of sp³-hybridized carbons (Fsp3) is 0.231. The van der Waals surface area contributed by atoms with E-state index in [1.807, 2.05) is 25.1 Å². The van der Waals surface area contributed by atoms with Gasteiger partial charge >= 0.3 is 0 Å². The van der Waals surface area contributed by atoms with Crippen LogP contribution in [-0.2, 0) is 6.42 Å². The Hall–Kier alpha value is -1.00. The normalized spacial score (nSPS) is 12.7. The Morgan fingerprint density at radius 1 is 1.33 bits per heavy atom. The number of nitrogens with one attached hydrogen (secondary N) is 1. The second kappa shape index (κ2) is 5.76. The van der Waals surface area contributed by atoms with Gasteiger partial charge in [0.2, 0.25) is 0 Å². The minimum Gasteiger partial charge on any atom is -0.469 e. The first-order chi connectivity index (χ1) is 8.61. The van der Waals surface area contributed by atoms with Crippen molar-refractivity contribution < 1.29 is 4.42 Å². The maximum Gasteiger partial charge on any atom is 0.105 e. The molecule has 1 unspecified atom stereocenters. The second-order valence-electron chi connectivity index (χ2n) is 4.09. The summed E-state index contributed by atoms with van der Waals surface area (Å²) < 4.78 is 5.28. The van der Waals surface area contributed by atoms with Crippen molar-refractivity contribution in [3.05, 3.63) is 57.5 Å². The Balaban J connectivity index is 2.23. The zero-order valence-electron chi connectivity index (χ0n) is 9.91. The largest absolute Gasteiger partial charge is 0.469 e. The van der Waals surface area contributed by atoms with Crippen LogP contribution in [-0.4, -0.2) is 0 Å². The molecular formula is C13H14Cl2N2O. The molecule has 2 aromatic rings. The Labute approximate surface area is 116 Å². The van der Waals surface area contributed by atoms with Crippen LogP contribution in [0.15, 0.2) is 34.9 Å². The van der Waals surface area contributed by atoms with Gasteiger partial charge in [-0.15, -0.1) is 0 Å². The van der Waals surface area contributed by atoms with E-state index in [1.54, 1.807) is 12.3 Å². The van der Waals surface area contributed by atoms with Crippen LogP contribution in [0.2, 0.25) is 10.0 Å². The lowest BCUT2D eigenvalue weighted by Crippen LogP contribution is -2.29. The lowest BCUT2D eigenvalue weighted by atomic mass is 10.00. The van der Waals surface area contributed by atoms with Crippen LogP contribution in [0.1, 0.15) is 22.9 Å². The van der Waals surface area contributed by atoms with Gasteiger partial charge in [0, 0.05) is 15.6 Å². The standard InChI is InChI=1S/C13H14Cl2N2O/c1-8-11(4-5-18-8)13(17-16)6-9-2-3-10(14)7-12(9)15/h2-5,7,13,17H,6,16H2,1H3. The SMILES string of the molecule is Cc1occc1C(Cc1ccc(Cl)cc1Cl)NN. The molecule has 96 valence electrons. The van der Waals surface area contributed by atoms with Gasteiger partial charge in [0.15, 0.2) is 0 Å². The molecule has 3 N–H and O–H groups in total. The first kappa shape index (κ1) is 13.4. The van der Waals surface area contributed by atoms with E-state index in [0.717, 1.165) is 16.9 Å². The van der Waals surface area contributed by atoms with Crippen molar-refractivity contribution in [2.24, 2.45) is 5.84 Å². The average Bonchev–Trinajstić information content (AvgIpc) is 2.75. The van der Waals surface area contributed by atoms with Crippen molar-refractivity contribution in [3.63, 3.8) is 0 Å². The quantitative estimate of drug-likeness (QED) is 0.666. The molecule has 2 rings (SSSR count). The summed E-state index contributed by atoms with van der Waals surface area (Å²) in [6.07, 6.45) is 2.32. The highest BCUT2D eigenvalue weighted by Gasteiger charge is 2.16. The number of rotatable bonds is 4. The molecule has 0 fully saturated rings. The number of hydrazine groups is 1. The molecule has 0 amide bonds. The lowest BCUT2D eigenvalue weighted by Gasteiger charge is -2.16. The summed E-state index contributed by atoms with van der Waals surface area (Å²) in [7, 11) is 0. The van der Waals surface area contributed by atoms with E-state index in [4.69, 9.17) is 33.5 Å². The maximum atomic E-state index is 6.16. The van der Waals surface area contributed by atoms with Crippen molar-refractivity contribution in [2.45, 2.75) is 19.4 Å². The van der Waals surface area contributed by atoms with Crippen LogP contribution in [0.5, 0.6) is 0 Å². The highest BCUT2D eigenvalue weighted by atomic mass is 35.5. The molecule has 1 atom stereocenters. The zero-order valence-corrected chi connectivity index (χ0v) is 11.4. The highest BCUT2D eigenvalue weighted by molar-refractivity contribution is 6.35. The van der Waals surface area contributed by atoms with E-state index in [0.29, 0.717) is 16.5 Å². The third kappa shape index (κ3) is 2.87. The molecule has 0 saturated carbocycles. The molecule has 5 heteroatoms. The van der Waals surface area contributed by atoms with Crippen molar-refractivity contribution in [2.75, 3.05) is 0 Å². The number of benzene rings is 1. The summed E-state index contributed by atoms with van der Waals surface area (Å²) in [6.45, 7) is 1.91. The topological polar surface area (TPSA) is 51.2 Å². The van der Waals surface area contributed by atoms with E-state index in [1.165, 1.54) is 0 Å². The zero-order chi connectivity index (χ0) is 13.1. The predicted molar refractivity (Wildman–Crippen MR) is 73.7 cm³/mol. The van der Waals surface area contributed by atoms with Crippen molar-refractivity contribution in [1.82, 2.24) is 5.43 Å². The first-order valence-corrected chi connectivity index (χ1v) is 6.31. The van der Waals surface area contributed by atoms with Gasteiger partial charge in [-0.3, -0.25) is 11.3 Å². The van der Waals surface area contributed by atoms with Crippen LogP contribution in [0.25, 0.3) is 0 Å². The average molecular weight is 285 g/mol. The smallest absolute Gasteiger partial charge is 0.105 e. The Bertz CT molecular complexity index is 540. The van der Waals surface area contributed by atoms with E-state index in [9.17, 15) is 0 Å². The van der Waals surface area contributed by atoms with Crippen molar-refractivity contribution in [1.29, 1.82) is 0 Å². The van der Waals surface area contributed by atoms with Crippen molar-refractivity contribution in [3.8, 4) is 0 Å². The predicted octanol–water partition coefficient (Wildman–Crippen LogP) is 3.64.